The summed E-state index contributed by atoms with van der Waals surface area (Å²) in [6.45, 7) is 2.38. The van der Waals surface area contributed by atoms with Crippen molar-refractivity contribution in [2.24, 2.45) is 0 Å². The maximum atomic E-state index is 13.1. The van der Waals surface area contributed by atoms with Crippen molar-refractivity contribution in [2.75, 3.05) is 7.05 Å². The first-order valence-electron chi connectivity index (χ1n) is 8.91. The molecular weight excluding hydrogens is 360 g/mol. The molecule has 0 fully saturated rings. The molecule has 1 amide bonds. The molecule has 1 heterocycles. The Morgan fingerprint density at radius 2 is 1.79 bits per heavy atom. The van der Waals surface area contributed by atoms with Crippen molar-refractivity contribution in [3.8, 4) is 0 Å². The molecule has 0 aliphatic carbocycles. The molecule has 0 saturated carbocycles. The highest BCUT2D eigenvalue weighted by molar-refractivity contribution is 6.04. The second-order valence-electron chi connectivity index (χ2n) is 6.47. The zero-order chi connectivity index (χ0) is 20.3. The van der Waals surface area contributed by atoms with Crippen LogP contribution in [0.4, 0.5) is 5.69 Å². The Balaban J connectivity index is 2.03. The lowest BCUT2D eigenvalue weighted by atomic mass is 10.1. The molecule has 0 radical (unpaired) electrons. The molecule has 0 bridgehead atoms. The molecule has 0 N–H and O–H groups in total. The monoisotopic (exact) mass is 380 g/mol. The van der Waals surface area contributed by atoms with Crippen molar-refractivity contribution < 1.29 is 9.72 Å². The number of hydrogen-bond acceptors (Lipinski definition) is 5. The van der Waals surface area contributed by atoms with Crippen molar-refractivity contribution in [3.05, 3.63) is 80.3 Å². The van der Waals surface area contributed by atoms with Crippen molar-refractivity contribution >= 4 is 22.4 Å². The smallest absolute Gasteiger partial charge is 0.274 e. The number of amides is 1. The Morgan fingerprint density at radius 3 is 2.46 bits per heavy atom. The molecule has 144 valence electrons. The minimum atomic E-state index is -0.470. The van der Waals surface area contributed by atoms with Crippen LogP contribution >= 0.6 is 0 Å². The highest BCUT2D eigenvalue weighted by atomic mass is 16.6. The van der Waals surface area contributed by atoms with Crippen LogP contribution in [0.15, 0.2) is 53.3 Å². The molecule has 0 aliphatic rings. The van der Waals surface area contributed by atoms with Crippen LogP contribution in [-0.4, -0.2) is 32.6 Å². The van der Waals surface area contributed by atoms with E-state index in [9.17, 15) is 19.7 Å². The van der Waals surface area contributed by atoms with Crippen molar-refractivity contribution in [1.82, 2.24) is 14.7 Å². The second kappa shape index (κ2) is 7.99. The maximum absolute atomic E-state index is 13.1. The van der Waals surface area contributed by atoms with Crippen LogP contribution in [-0.2, 0) is 13.1 Å². The van der Waals surface area contributed by atoms with Gasteiger partial charge in [0.25, 0.3) is 17.2 Å². The lowest BCUT2D eigenvalue weighted by molar-refractivity contribution is -0.385. The van der Waals surface area contributed by atoms with Crippen molar-refractivity contribution in [2.45, 2.75) is 26.4 Å². The topological polar surface area (TPSA) is 98.3 Å². The van der Waals surface area contributed by atoms with Crippen molar-refractivity contribution in [1.29, 1.82) is 0 Å². The number of benzene rings is 2. The van der Waals surface area contributed by atoms with Gasteiger partial charge < -0.3 is 4.90 Å². The molecular formula is C20H20N4O4. The number of para-hydroxylation sites is 1. The summed E-state index contributed by atoms with van der Waals surface area (Å²) >= 11 is 0. The molecule has 0 saturated heterocycles. The van der Waals surface area contributed by atoms with Crippen molar-refractivity contribution in [3.63, 3.8) is 0 Å². The minimum absolute atomic E-state index is 0.0454. The fraction of sp³-hybridized carbons (Fsp3) is 0.250. The molecule has 8 heteroatoms. The molecule has 0 atom stereocenters. The first-order valence-corrected chi connectivity index (χ1v) is 8.91. The summed E-state index contributed by atoms with van der Waals surface area (Å²) in [7, 11) is 1.56. The SMILES string of the molecule is CCCn1nc(C(=O)N(C)Cc2ccccc2[N+](=O)[O-])c2ccccc2c1=O. The molecule has 3 aromatic rings. The third kappa shape index (κ3) is 3.62. The van der Waals surface area contributed by atoms with Gasteiger partial charge in [-0.3, -0.25) is 19.7 Å². The van der Waals surface area contributed by atoms with E-state index in [0.29, 0.717) is 29.3 Å². The number of hydrogen-bond donors (Lipinski definition) is 0. The summed E-state index contributed by atoms with van der Waals surface area (Å²) in [5.41, 5.74) is 0.297. The van der Waals surface area contributed by atoms with Gasteiger partial charge in [0, 0.05) is 30.6 Å². The van der Waals surface area contributed by atoms with Crippen LogP contribution in [0.3, 0.4) is 0 Å². The van der Waals surface area contributed by atoms with Crippen LogP contribution in [0.1, 0.15) is 29.4 Å². The van der Waals surface area contributed by atoms with Crippen LogP contribution in [0, 0.1) is 10.1 Å². The van der Waals surface area contributed by atoms with E-state index < -0.39 is 10.8 Å². The highest BCUT2D eigenvalue weighted by Crippen LogP contribution is 2.21. The number of carbonyl (C=O) groups excluding carboxylic acids is 1. The van der Waals surface area contributed by atoms with Gasteiger partial charge in [0.2, 0.25) is 0 Å². The molecule has 3 rings (SSSR count). The maximum Gasteiger partial charge on any atom is 0.274 e. The van der Waals surface area contributed by atoms with Crippen LogP contribution in [0.5, 0.6) is 0 Å². The zero-order valence-corrected chi connectivity index (χ0v) is 15.7. The fourth-order valence-corrected chi connectivity index (χ4v) is 3.09. The Morgan fingerprint density at radius 1 is 1.14 bits per heavy atom. The van der Waals surface area contributed by atoms with E-state index in [1.807, 2.05) is 6.92 Å². The normalized spacial score (nSPS) is 10.8. The number of carbonyl (C=O) groups is 1. The van der Waals surface area contributed by atoms with Crippen LogP contribution < -0.4 is 5.56 Å². The molecule has 0 unspecified atom stereocenters. The Kier molecular flexibility index (Phi) is 5.49. The number of nitrogens with zero attached hydrogens (tertiary/aromatic N) is 4. The second-order valence-corrected chi connectivity index (χ2v) is 6.47. The predicted molar refractivity (Wildman–Crippen MR) is 105 cm³/mol. The molecule has 0 aliphatic heterocycles. The molecule has 8 nitrogen and oxygen atoms in total. The van der Waals surface area contributed by atoms with E-state index in [4.69, 9.17) is 0 Å². The lowest BCUT2D eigenvalue weighted by Gasteiger charge is -2.18. The first kappa shape index (κ1) is 19.2. The number of nitro benzene ring substituents is 1. The Hall–Kier alpha value is -3.55. The fourth-order valence-electron chi connectivity index (χ4n) is 3.09. The number of aromatic nitrogens is 2. The van der Waals surface area contributed by atoms with E-state index in [1.165, 1.54) is 15.6 Å². The van der Waals surface area contributed by atoms with E-state index in [2.05, 4.69) is 5.10 Å². The molecule has 28 heavy (non-hydrogen) atoms. The van der Waals surface area contributed by atoms with Gasteiger partial charge in [-0.15, -0.1) is 0 Å². The van der Waals surface area contributed by atoms with Gasteiger partial charge in [0.1, 0.15) is 0 Å². The standard InChI is InChI=1S/C20H20N4O4/c1-3-12-23-19(25)16-10-6-5-9-15(16)18(21-23)20(26)22(2)13-14-8-4-7-11-17(14)24(27)28/h4-11H,3,12-13H2,1-2H3. The first-order chi connectivity index (χ1) is 13.4. The van der Waals surface area contributed by atoms with E-state index >= 15 is 0 Å². The largest absolute Gasteiger partial charge is 0.336 e. The number of aryl methyl sites for hydroxylation is 1. The zero-order valence-electron chi connectivity index (χ0n) is 15.7. The van der Waals surface area contributed by atoms with Gasteiger partial charge in [-0.2, -0.15) is 5.10 Å². The molecule has 2 aromatic carbocycles. The average Bonchev–Trinajstić information content (AvgIpc) is 2.70. The summed E-state index contributed by atoms with van der Waals surface area (Å²) in [5.74, 6) is -0.404. The van der Waals surface area contributed by atoms with Gasteiger partial charge in [0.05, 0.1) is 16.9 Å². The van der Waals surface area contributed by atoms with E-state index in [0.717, 1.165) is 0 Å². The summed E-state index contributed by atoms with van der Waals surface area (Å²) in [6, 6.07) is 13.1. The molecule has 1 aromatic heterocycles. The Bertz CT molecular complexity index is 1110. The number of nitro groups is 1. The predicted octanol–water partition coefficient (Wildman–Crippen LogP) is 2.99. The summed E-state index contributed by atoms with van der Waals surface area (Å²) in [6.07, 6.45) is 0.699. The number of rotatable bonds is 6. The highest BCUT2D eigenvalue weighted by Gasteiger charge is 2.22. The lowest BCUT2D eigenvalue weighted by Crippen LogP contribution is -2.32. The van der Waals surface area contributed by atoms with E-state index in [1.54, 1.807) is 49.5 Å². The summed E-state index contributed by atoms with van der Waals surface area (Å²) in [4.78, 5) is 37.8. The third-order valence-corrected chi connectivity index (χ3v) is 4.45. The molecule has 0 spiro atoms. The van der Waals surface area contributed by atoms with Crippen LogP contribution in [0.2, 0.25) is 0 Å². The Labute approximate surface area is 161 Å². The van der Waals surface area contributed by atoms with Gasteiger partial charge in [-0.25, -0.2) is 4.68 Å². The summed E-state index contributed by atoms with van der Waals surface area (Å²) < 4.78 is 1.30. The quantitative estimate of drug-likeness (QED) is 0.484. The summed E-state index contributed by atoms with van der Waals surface area (Å²) in [5, 5.41) is 16.4. The number of fused-ring (bicyclic) bond motifs is 1. The van der Waals surface area contributed by atoms with Crippen LogP contribution in [0.25, 0.3) is 10.8 Å². The third-order valence-electron chi connectivity index (χ3n) is 4.45. The van der Waals surface area contributed by atoms with Gasteiger partial charge in [0.15, 0.2) is 5.69 Å². The average molecular weight is 380 g/mol. The minimum Gasteiger partial charge on any atom is -0.336 e. The van der Waals surface area contributed by atoms with E-state index in [-0.39, 0.29) is 23.5 Å². The van der Waals surface area contributed by atoms with Gasteiger partial charge >= 0.3 is 0 Å². The van der Waals surface area contributed by atoms with Gasteiger partial charge in [-0.05, 0) is 12.5 Å². The van der Waals surface area contributed by atoms with Gasteiger partial charge in [-0.1, -0.05) is 43.3 Å².